The van der Waals surface area contributed by atoms with Gasteiger partial charge in [0.15, 0.2) is 0 Å². The molecule has 0 unspecified atom stereocenters. The van der Waals surface area contributed by atoms with E-state index in [9.17, 15) is 0 Å². The van der Waals surface area contributed by atoms with Crippen LogP contribution in [0.3, 0.4) is 0 Å². The standard InChI is InChI=1S/C15H23N3/c1-10(2)17-8-12-9-18(11(3)4)15-6-5-13(16)7-14(12)15/h5-7,9-11,17H,8,16H2,1-4H3. The summed E-state index contributed by atoms with van der Waals surface area (Å²) in [5.74, 6) is 0. The Morgan fingerprint density at radius 1 is 1.22 bits per heavy atom. The van der Waals surface area contributed by atoms with Crippen molar-refractivity contribution >= 4 is 16.6 Å². The number of fused-ring (bicyclic) bond motifs is 1. The number of rotatable bonds is 4. The van der Waals surface area contributed by atoms with Crippen LogP contribution in [0.5, 0.6) is 0 Å². The molecule has 1 heterocycles. The average molecular weight is 245 g/mol. The third kappa shape index (κ3) is 2.51. The first-order chi connectivity index (χ1) is 8.49. The average Bonchev–Trinajstić information content (AvgIpc) is 2.64. The minimum absolute atomic E-state index is 0.462. The molecule has 0 aliphatic rings. The van der Waals surface area contributed by atoms with Gasteiger partial charge in [-0.1, -0.05) is 13.8 Å². The maximum atomic E-state index is 5.90. The topological polar surface area (TPSA) is 43.0 Å². The number of aromatic nitrogens is 1. The van der Waals surface area contributed by atoms with Gasteiger partial charge in [-0.3, -0.25) is 0 Å². The van der Waals surface area contributed by atoms with E-state index in [1.54, 1.807) is 0 Å². The van der Waals surface area contributed by atoms with Gasteiger partial charge in [0, 0.05) is 41.4 Å². The summed E-state index contributed by atoms with van der Waals surface area (Å²) in [5.41, 5.74) is 9.32. The molecule has 18 heavy (non-hydrogen) atoms. The monoisotopic (exact) mass is 245 g/mol. The van der Waals surface area contributed by atoms with Crippen LogP contribution in [-0.4, -0.2) is 10.6 Å². The molecule has 0 spiro atoms. The van der Waals surface area contributed by atoms with E-state index in [1.807, 2.05) is 6.07 Å². The third-order valence-electron chi connectivity index (χ3n) is 3.20. The summed E-state index contributed by atoms with van der Waals surface area (Å²) >= 11 is 0. The van der Waals surface area contributed by atoms with Crippen LogP contribution in [0, 0.1) is 0 Å². The van der Waals surface area contributed by atoms with Gasteiger partial charge < -0.3 is 15.6 Å². The van der Waals surface area contributed by atoms with Crippen molar-refractivity contribution in [2.24, 2.45) is 0 Å². The van der Waals surface area contributed by atoms with E-state index in [-0.39, 0.29) is 0 Å². The van der Waals surface area contributed by atoms with E-state index in [0.717, 1.165) is 12.2 Å². The fraction of sp³-hybridized carbons (Fsp3) is 0.467. The van der Waals surface area contributed by atoms with E-state index in [4.69, 9.17) is 5.73 Å². The van der Waals surface area contributed by atoms with Crippen LogP contribution in [0.15, 0.2) is 24.4 Å². The fourth-order valence-electron chi connectivity index (χ4n) is 2.23. The summed E-state index contributed by atoms with van der Waals surface area (Å²) in [6, 6.07) is 7.11. The minimum atomic E-state index is 0.462. The molecule has 1 aromatic carbocycles. The van der Waals surface area contributed by atoms with Crippen molar-refractivity contribution in [1.82, 2.24) is 9.88 Å². The molecule has 0 aliphatic carbocycles. The zero-order valence-corrected chi connectivity index (χ0v) is 11.7. The lowest BCUT2D eigenvalue weighted by atomic mass is 10.1. The molecule has 0 radical (unpaired) electrons. The minimum Gasteiger partial charge on any atom is -0.399 e. The van der Waals surface area contributed by atoms with E-state index < -0.39 is 0 Å². The van der Waals surface area contributed by atoms with Gasteiger partial charge in [0.05, 0.1) is 0 Å². The van der Waals surface area contributed by atoms with Gasteiger partial charge in [0.2, 0.25) is 0 Å². The molecule has 2 aromatic rings. The molecule has 3 heteroatoms. The summed E-state index contributed by atoms with van der Waals surface area (Å²) < 4.78 is 2.31. The van der Waals surface area contributed by atoms with E-state index >= 15 is 0 Å². The smallest absolute Gasteiger partial charge is 0.0487 e. The molecule has 3 N–H and O–H groups in total. The number of benzene rings is 1. The lowest BCUT2D eigenvalue weighted by Gasteiger charge is -2.08. The van der Waals surface area contributed by atoms with Crippen LogP contribution in [0.2, 0.25) is 0 Å². The zero-order valence-electron chi connectivity index (χ0n) is 11.7. The first-order valence-corrected chi connectivity index (χ1v) is 6.61. The number of nitrogens with two attached hydrogens (primary N) is 1. The molecule has 0 aliphatic heterocycles. The van der Waals surface area contributed by atoms with E-state index in [0.29, 0.717) is 12.1 Å². The van der Waals surface area contributed by atoms with E-state index in [1.165, 1.54) is 16.5 Å². The number of anilines is 1. The van der Waals surface area contributed by atoms with Crippen LogP contribution < -0.4 is 11.1 Å². The first kappa shape index (κ1) is 13.0. The van der Waals surface area contributed by atoms with Gasteiger partial charge in [-0.2, -0.15) is 0 Å². The van der Waals surface area contributed by atoms with Crippen molar-refractivity contribution in [3.05, 3.63) is 30.0 Å². The Balaban J connectivity index is 2.48. The molecule has 0 atom stereocenters. The predicted octanol–water partition coefficient (Wildman–Crippen LogP) is 3.30. The highest BCUT2D eigenvalue weighted by Crippen LogP contribution is 2.26. The molecule has 98 valence electrons. The summed E-state index contributed by atoms with van der Waals surface area (Å²) in [4.78, 5) is 0. The highest BCUT2D eigenvalue weighted by molar-refractivity contribution is 5.87. The highest BCUT2D eigenvalue weighted by Gasteiger charge is 2.10. The molecule has 3 nitrogen and oxygen atoms in total. The van der Waals surface area contributed by atoms with Gasteiger partial charge in [0.1, 0.15) is 0 Å². The van der Waals surface area contributed by atoms with Crippen LogP contribution >= 0.6 is 0 Å². The molecule has 0 saturated carbocycles. The van der Waals surface area contributed by atoms with Gasteiger partial charge in [-0.25, -0.2) is 0 Å². The number of hydrogen-bond acceptors (Lipinski definition) is 2. The summed E-state index contributed by atoms with van der Waals surface area (Å²) in [6.07, 6.45) is 2.24. The number of nitrogen functional groups attached to an aromatic ring is 1. The Morgan fingerprint density at radius 3 is 2.56 bits per heavy atom. The summed E-state index contributed by atoms with van der Waals surface area (Å²) in [7, 11) is 0. The summed E-state index contributed by atoms with van der Waals surface area (Å²) in [5, 5.41) is 4.73. The van der Waals surface area contributed by atoms with Crippen molar-refractivity contribution in [2.45, 2.75) is 46.3 Å². The Morgan fingerprint density at radius 2 is 1.94 bits per heavy atom. The van der Waals surface area contributed by atoms with Crippen molar-refractivity contribution in [3.63, 3.8) is 0 Å². The molecule has 2 rings (SSSR count). The van der Waals surface area contributed by atoms with Crippen LogP contribution in [0.1, 0.15) is 39.3 Å². The Kier molecular flexibility index (Phi) is 3.62. The lowest BCUT2D eigenvalue weighted by molar-refractivity contribution is 0.583. The zero-order chi connectivity index (χ0) is 13.3. The molecule has 0 bridgehead atoms. The number of nitrogens with one attached hydrogen (secondary N) is 1. The Hall–Kier alpha value is -1.48. The maximum Gasteiger partial charge on any atom is 0.0487 e. The van der Waals surface area contributed by atoms with Gasteiger partial charge >= 0.3 is 0 Å². The first-order valence-electron chi connectivity index (χ1n) is 6.61. The maximum absolute atomic E-state index is 5.90. The molecule has 0 amide bonds. The second kappa shape index (κ2) is 5.02. The molecule has 1 aromatic heterocycles. The van der Waals surface area contributed by atoms with Crippen molar-refractivity contribution < 1.29 is 0 Å². The van der Waals surface area contributed by atoms with Crippen LogP contribution in [0.25, 0.3) is 10.9 Å². The van der Waals surface area contributed by atoms with Gasteiger partial charge in [-0.05, 0) is 37.6 Å². The normalized spacial score (nSPS) is 11.9. The van der Waals surface area contributed by atoms with Crippen molar-refractivity contribution in [2.75, 3.05) is 5.73 Å². The predicted molar refractivity (Wildman–Crippen MR) is 78.7 cm³/mol. The summed E-state index contributed by atoms with van der Waals surface area (Å²) in [6.45, 7) is 9.62. The van der Waals surface area contributed by atoms with Gasteiger partial charge in [0.25, 0.3) is 0 Å². The van der Waals surface area contributed by atoms with Crippen LogP contribution in [-0.2, 0) is 6.54 Å². The van der Waals surface area contributed by atoms with Crippen LogP contribution in [0.4, 0.5) is 5.69 Å². The lowest BCUT2D eigenvalue weighted by Crippen LogP contribution is -2.21. The van der Waals surface area contributed by atoms with Gasteiger partial charge in [-0.15, -0.1) is 0 Å². The SMILES string of the molecule is CC(C)NCc1cn(C(C)C)c2ccc(N)cc12. The van der Waals surface area contributed by atoms with Crippen molar-refractivity contribution in [3.8, 4) is 0 Å². The second-order valence-corrected chi connectivity index (χ2v) is 5.47. The highest BCUT2D eigenvalue weighted by atomic mass is 15.0. The van der Waals surface area contributed by atoms with E-state index in [2.05, 4.69) is 55.9 Å². The molecular formula is C15H23N3. The largest absolute Gasteiger partial charge is 0.399 e. The Bertz CT molecular complexity index is 538. The Labute approximate surface area is 109 Å². The quantitative estimate of drug-likeness (QED) is 0.812. The second-order valence-electron chi connectivity index (χ2n) is 5.47. The molecule has 0 fully saturated rings. The molecular weight excluding hydrogens is 222 g/mol. The molecule has 0 saturated heterocycles. The third-order valence-corrected chi connectivity index (χ3v) is 3.20. The fourth-order valence-corrected chi connectivity index (χ4v) is 2.23. The van der Waals surface area contributed by atoms with Crippen molar-refractivity contribution in [1.29, 1.82) is 0 Å². The number of nitrogens with zero attached hydrogens (tertiary/aromatic N) is 1. The number of hydrogen-bond donors (Lipinski definition) is 2.